The SMILES string of the molecule is NNC(Cc1ccc2c(c1)CCC2)c1ccc(Br)s1. The summed E-state index contributed by atoms with van der Waals surface area (Å²) in [6.45, 7) is 0. The van der Waals surface area contributed by atoms with Crippen LogP contribution in [-0.2, 0) is 19.3 Å². The van der Waals surface area contributed by atoms with E-state index >= 15 is 0 Å². The van der Waals surface area contributed by atoms with Gasteiger partial charge in [-0.2, -0.15) is 0 Å². The van der Waals surface area contributed by atoms with E-state index in [4.69, 9.17) is 5.84 Å². The van der Waals surface area contributed by atoms with Crippen LogP contribution < -0.4 is 11.3 Å². The molecule has 1 aromatic carbocycles. The molecule has 0 amide bonds. The van der Waals surface area contributed by atoms with Crippen LogP contribution in [0.4, 0.5) is 0 Å². The van der Waals surface area contributed by atoms with Gasteiger partial charge in [-0.1, -0.05) is 18.2 Å². The van der Waals surface area contributed by atoms with Crippen LogP contribution >= 0.6 is 27.3 Å². The van der Waals surface area contributed by atoms with Crippen molar-refractivity contribution < 1.29 is 0 Å². The first-order chi connectivity index (χ1) is 9.26. The Labute approximate surface area is 126 Å². The Kier molecular flexibility index (Phi) is 4.03. The fourth-order valence-corrected chi connectivity index (χ4v) is 4.23. The van der Waals surface area contributed by atoms with E-state index in [0.29, 0.717) is 0 Å². The van der Waals surface area contributed by atoms with Crippen molar-refractivity contribution in [2.45, 2.75) is 31.7 Å². The zero-order valence-corrected chi connectivity index (χ0v) is 13.1. The summed E-state index contributed by atoms with van der Waals surface area (Å²) in [6.07, 6.45) is 4.71. The normalized spacial score (nSPS) is 15.5. The molecule has 3 rings (SSSR count). The highest BCUT2D eigenvalue weighted by atomic mass is 79.9. The Hall–Kier alpha value is -0.680. The predicted molar refractivity (Wildman–Crippen MR) is 84.3 cm³/mol. The summed E-state index contributed by atoms with van der Waals surface area (Å²) in [5, 5.41) is 0. The lowest BCUT2D eigenvalue weighted by Crippen LogP contribution is -2.28. The third-order valence-corrected chi connectivity index (χ3v) is 5.48. The summed E-state index contributed by atoms with van der Waals surface area (Å²) < 4.78 is 1.15. The number of rotatable bonds is 4. The summed E-state index contributed by atoms with van der Waals surface area (Å²) in [4.78, 5) is 1.27. The monoisotopic (exact) mass is 336 g/mol. The van der Waals surface area contributed by atoms with Crippen LogP contribution in [0.1, 0.15) is 34.0 Å². The number of nitrogens with two attached hydrogens (primary N) is 1. The largest absolute Gasteiger partial charge is 0.271 e. The zero-order chi connectivity index (χ0) is 13.2. The number of aryl methyl sites for hydroxylation is 2. The van der Waals surface area contributed by atoms with Crippen molar-refractivity contribution in [3.63, 3.8) is 0 Å². The molecule has 1 aromatic heterocycles. The van der Waals surface area contributed by atoms with E-state index in [1.165, 1.54) is 40.8 Å². The van der Waals surface area contributed by atoms with Gasteiger partial charge in [-0.25, -0.2) is 0 Å². The van der Waals surface area contributed by atoms with Gasteiger partial charge in [0.2, 0.25) is 0 Å². The predicted octanol–water partition coefficient (Wildman–Crippen LogP) is 3.75. The van der Waals surface area contributed by atoms with E-state index in [2.05, 4.69) is 51.7 Å². The van der Waals surface area contributed by atoms with Crippen molar-refractivity contribution >= 4 is 27.3 Å². The molecule has 0 saturated heterocycles. The van der Waals surface area contributed by atoms with Gasteiger partial charge < -0.3 is 0 Å². The van der Waals surface area contributed by atoms with E-state index in [0.717, 1.165) is 10.2 Å². The van der Waals surface area contributed by atoms with Gasteiger partial charge in [0.25, 0.3) is 0 Å². The van der Waals surface area contributed by atoms with Crippen molar-refractivity contribution in [3.8, 4) is 0 Å². The first-order valence-corrected chi connectivity index (χ1v) is 8.19. The standard InChI is InChI=1S/C15H17BrN2S/c16-15-7-6-14(19-15)13(18-17)9-10-4-5-11-2-1-3-12(11)8-10/h4-8,13,18H,1-3,9,17H2. The maximum Gasteiger partial charge on any atom is 0.0702 e. The molecule has 2 aromatic rings. The van der Waals surface area contributed by atoms with Gasteiger partial charge in [0, 0.05) is 4.88 Å². The van der Waals surface area contributed by atoms with Crippen molar-refractivity contribution in [2.24, 2.45) is 5.84 Å². The first kappa shape index (κ1) is 13.3. The van der Waals surface area contributed by atoms with Crippen LogP contribution in [0.25, 0.3) is 0 Å². The molecule has 1 heterocycles. The third kappa shape index (κ3) is 2.92. The second-order valence-corrected chi connectivity index (χ2v) is 7.52. The third-order valence-electron chi connectivity index (χ3n) is 3.74. The number of nitrogens with one attached hydrogen (secondary N) is 1. The number of benzene rings is 1. The minimum atomic E-state index is 0.191. The molecule has 0 fully saturated rings. The van der Waals surface area contributed by atoms with Gasteiger partial charge in [-0.3, -0.25) is 11.3 Å². The smallest absolute Gasteiger partial charge is 0.0702 e. The molecule has 0 aliphatic heterocycles. The van der Waals surface area contributed by atoms with E-state index in [1.54, 1.807) is 11.3 Å². The average Bonchev–Trinajstić information content (AvgIpc) is 3.04. The Bertz CT molecular complexity index is 579. The van der Waals surface area contributed by atoms with Gasteiger partial charge in [0.1, 0.15) is 0 Å². The van der Waals surface area contributed by atoms with Crippen molar-refractivity contribution in [1.29, 1.82) is 0 Å². The van der Waals surface area contributed by atoms with Gasteiger partial charge in [-0.05, 0) is 70.4 Å². The zero-order valence-electron chi connectivity index (χ0n) is 10.7. The number of hydrogen-bond acceptors (Lipinski definition) is 3. The van der Waals surface area contributed by atoms with Crippen LogP contribution in [0.15, 0.2) is 34.1 Å². The number of thiophene rings is 1. The molecule has 100 valence electrons. The molecule has 4 heteroatoms. The minimum Gasteiger partial charge on any atom is -0.271 e. The lowest BCUT2D eigenvalue weighted by Gasteiger charge is -2.15. The molecule has 2 nitrogen and oxygen atoms in total. The van der Waals surface area contributed by atoms with Crippen LogP contribution in [0.3, 0.4) is 0 Å². The highest BCUT2D eigenvalue weighted by Gasteiger charge is 2.15. The highest BCUT2D eigenvalue weighted by Crippen LogP contribution is 2.30. The van der Waals surface area contributed by atoms with E-state index in [1.807, 2.05) is 0 Å². The van der Waals surface area contributed by atoms with Crippen molar-refractivity contribution in [3.05, 3.63) is 55.7 Å². The quantitative estimate of drug-likeness (QED) is 0.659. The highest BCUT2D eigenvalue weighted by molar-refractivity contribution is 9.11. The number of hydrazine groups is 1. The summed E-state index contributed by atoms with van der Waals surface area (Å²) in [6, 6.07) is 11.3. The molecule has 19 heavy (non-hydrogen) atoms. The van der Waals surface area contributed by atoms with E-state index < -0.39 is 0 Å². The topological polar surface area (TPSA) is 38.0 Å². The molecule has 1 aliphatic carbocycles. The number of fused-ring (bicyclic) bond motifs is 1. The average molecular weight is 337 g/mol. The van der Waals surface area contributed by atoms with E-state index in [-0.39, 0.29) is 6.04 Å². The molecule has 1 aliphatic rings. The molecular weight excluding hydrogens is 320 g/mol. The lowest BCUT2D eigenvalue weighted by atomic mass is 10.0. The fraction of sp³-hybridized carbons (Fsp3) is 0.333. The van der Waals surface area contributed by atoms with Crippen molar-refractivity contribution in [2.75, 3.05) is 0 Å². The van der Waals surface area contributed by atoms with Gasteiger partial charge in [0.15, 0.2) is 0 Å². The van der Waals surface area contributed by atoms with Crippen LogP contribution in [0.2, 0.25) is 0 Å². The summed E-state index contributed by atoms with van der Waals surface area (Å²) in [5.74, 6) is 5.72. The maximum atomic E-state index is 5.72. The van der Waals surface area contributed by atoms with E-state index in [9.17, 15) is 0 Å². The molecule has 1 atom stereocenters. The molecule has 0 saturated carbocycles. The molecule has 0 spiro atoms. The Balaban J connectivity index is 1.79. The summed E-state index contributed by atoms with van der Waals surface area (Å²) >= 11 is 5.24. The van der Waals surface area contributed by atoms with Crippen LogP contribution in [0, 0.1) is 0 Å². The van der Waals surface area contributed by atoms with Gasteiger partial charge in [-0.15, -0.1) is 11.3 Å². The lowest BCUT2D eigenvalue weighted by molar-refractivity contribution is 0.560. The molecule has 0 bridgehead atoms. The molecule has 0 radical (unpaired) electrons. The second kappa shape index (κ2) is 5.75. The number of hydrogen-bond donors (Lipinski definition) is 2. The van der Waals surface area contributed by atoms with Crippen LogP contribution in [-0.4, -0.2) is 0 Å². The van der Waals surface area contributed by atoms with Gasteiger partial charge in [0.05, 0.1) is 9.83 Å². The Morgan fingerprint density at radius 1 is 1.21 bits per heavy atom. The first-order valence-electron chi connectivity index (χ1n) is 6.58. The number of halogens is 1. The maximum absolute atomic E-state index is 5.72. The minimum absolute atomic E-state index is 0.191. The van der Waals surface area contributed by atoms with Gasteiger partial charge >= 0.3 is 0 Å². The van der Waals surface area contributed by atoms with Crippen molar-refractivity contribution in [1.82, 2.24) is 5.43 Å². The fourth-order valence-electron chi connectivity index (χ4n) is 2.75. The van der Waals surface area contributed by atoms with Crippen LogP contribution in [0.5, 0.6) is 0 Å². The summed E-state index contributed by atoms with van der Waals surface area (Å²) in [5.41, 5.74) is 7.36. The second-order valence-electron chi connectivity index (χ2n) is 5.02. The Morgan fingerprint density at radius 2 is 2.05 bits per heavy atom. The molecule has 1 unspecified atom stereocenters. The Morgan fingerprint density at radius 3 is 2.79 bits per heavy atom. The molecular formula is C15H17BrN2S. The summed E-state index contributed by atoms with van der Waals surface area (Å²) in [7, 11) is 0. The molecule has 3 N–H and O–H groups in total.